The number of benzene rings is 3. The number of carbonyl (C=O) groups excluding carboxylic acids is 2. The molecule has 0 bridgehead atoms. The van der Waals surface area contributed by atoms with Crippen LogP contribution in [-0.4, -0.2) is 23.1 Å². The first-order valence-electron chi connectivity index (χ1n) is 7.86. The van der Waals surface area contributed by atoms with Crippen LogP contribution in [0.1, 0.15) is 21.5 Å². The molecule has 1 unspecified atom stereocenters. The van der Waals surface area contributed by atoms with E-state index in [2.05, 4.69) is 4.74 Å². The molecule has 0 radical (unpaired) electrons. The highest BCUT2D eigenvalue weighted by atomic mass is 16.6. The predicted octanol–water partition coefficient (Wildman–Crippen LogP) is 3.33. The number of ether oxygens (including phenoxy) is 1. The Hall–Kier alpha value is -3.24. The zero-order valence-electron chi connectivity index (χ0n) is 13.2. The van der Waals surface area contributed by atoms with Crippen LogP contribution in [0, 0.1) is 0 Å². The van der Waals surface area contributed by atoms with Crippen LogP contribution >= 0.6 is 0 Å². The highest BCUT2D eigenvalue weighted by molar-refractivity contribution is 6.10. The molecule has 0 amide bonds. The van der Waals surface area contributed by atoms with Crippen molar-refractivity contribution in [3.8, 4) is 0 Å². The van der Waals surface area contributed by atoms with E-state index >= 15 is 0 Å². The van der Waals surface area contributed by atoms with Gasteiger partial charge in [0.2, 0.25) is 6.29 Å². The molecule has 0 aliphatic carbocycles. The van der Waals surface area contributed by atoms with Gasteiger partial charge in [-0.1, -0.05) is 60.7 Å². The van der Waals surface area contributed by atoms with Gasteiger partial charge in [0.25, 0.3) is 0 Å². The van der Waals surface area contributed by atoms with Gasteiger partial charge in [0.1, 0.15) is 0 Å². The smallest absolute Gasteiger partial charge is 0.333 e. The highest BCUT2D eigenvalue weighted by Gasteiger charge is 2.25. The molecule has 122 valence electrons. The molecule has 0 saturated carbocycles. The van der Waals surface area contributed by atoms with E-state index in [1.54, 1.807) is 24.3 Å². The number of cyclic esters (lactones) is 1. The maximum atomic E-state index is 12.7. The molecule has 1 N–H and O–H groups in total. The van der Waals surface area contributed by atoms with Crippen LogP contribution in [0.4, 0.5) is 0 Å². The Balaban J connectivity index is 1.64. The van der Waals surface area contributed by atoms with Crippen molar-refractivity contribution in [2.75, 3.05) is 0 Å². The van der Waals surface area contributed by atoms with Gasteiger partial charge >= 0.3 is 5.97 Å². The summed E-state index contributed by atoms with van der Waals surface area (Å²) in [4.78, 5) is 23.9. The van der Waals surface area contributed by atoms with Gasteiger partial charge in [0.05, 0.1) is 0 Å². The quantitative estimate of drug-likeness (QED) is 0.591. The van der Waals surface area contributed by atoms with Crippen LogP contribution in [-0.2, 0) is 9.53 Å². The molecule has 4 heteroatoms. The SMILES string of the molecule is O=C1C=C(c2ccc(C(=O)c3ccc4ccccc4c3)cc2)C(O)O1. The molecule has 0 spiro atoms. The molecular weight excluding hydrogens is 316 g/mol. The van der Waals surface area contributed by atoms with Gasteiger partial charge in [-0.2, -0.15) is 0 Å². The fraction of sp³-hybridized carbons (Fsp3) is 0.0476. The van der Waals surface area contributed by atoms with Gasteiger partial charge in [-0.05, 0) is 22.4 Å². The predicted molar refractivity (Wildman–Crippen MR) is 93.9 cm³/mol. The average molecular weight is 330 g/mol. The monoisotopic (exact) mass is 330 g/mol. The summed E-state index contributed by atoms with van der Waals surface area (Å²) in [5.74, 6) is -0.649. The van der Waals surface area contributed by atoms with Crippen molar-refractivity contribution in [1.82, 2.24) is 0 Å². The minimum absolute atomic E-state index is 0.0782. The first-order chi connectivity index (χ1) is 12.1. The van der Waals surface area contributed by atoms with Crippen molar-refractivity contribution in [3.63, 3.8) is 0 Å². The number of aliphatic hydroxyl groups is 1. The Bertz CT molecular complexity index is 1020. The number of ketones is 1. The topological polar surface area (TPSA) is 63.6 Å². The van der Waals surface area contributed by atoms with Gasteiger partial charge in [-0.3, -0.25) is 4.79 Å². The fourth-order valence-corrected chi connectivity index (χ4v) is 2.94. The molecule has 1 aliphatic rings. The lowest BCUT2D eigenvalue weighted by Gasteiger charge is -2.08. The third-order valence-corrected chi connectivity index (χ3v) is 4.26. The van der Waals surface area contributed by atoms with Crippen molar-refractivity contribution < 1.29 is 19.4 Å². The van der Waals surface area contributed by atoms with Crippen molar-refractivity contribution in [3.05, 3.63) is 89.5 Å². The summed E-state index contributed by atoms with van der Waals surface area (Å²) in [7, 11) is 0. The molecular formula is C21H14O4. The van der Waals surface area contributed by atoms with E-state index in [9.17, 15) is 14.7 Å². The lowest BCUT2D eigenvalue weighted by Crippen LogP contribution is -2.09. The second-order valence-corrected chi connectivity index (χ2v) is 5.86. The van der Waals surface area contributed by atoms with Crippen LogP contribution in [0.2, 0.25) is 0 Å². The maximum Gasteiger partial charge on any atom is 0.333 e. The molecule has 0 aromatic heterocycles. The Morgan fingerprint density at radius 1 is 0.880 bits per heavy atom. The second-order valence-electron chi connectivity index (χ2n) is 5.86. The maximum absolute atomic E-state index is 12.7. The summed E-state index contributed by atoms with van der Waals surface area (Å²) in [5, 5.41) is 11.8. The second kappa shape index (κ2) is 6.00. The fourth-order valence-electron chi connectivity index (χ4n) is 2.94. The summed E-state index contributed by atoms with van der Waals surface area (Å²) in [6.45, 7) is 0. The van der Waals surface area contributed by atoms with E-state index in [0.29, 0.717) is 22.3 Å². The van der Waals surface area contributed by atoms with Crippen molar-refractivity contribution in [2.45, 2.75) is 6.29 Å². The zero-order valence-corrected chi connectivity index (χ0v) is 13.2. The van der Waals surface area contributed by atoms with Crippen molar-refractivity contribution in [1.29, 1.82) is 0 Å². The summed E-state index contributed by atoms with van der Waals surface area (Å²) < 4.78 is 4.67. The zero-order chi connectivity index (χ0) is 17.4. The third-order valence-electron chi connectivity index (χ3n) is 4.26. The van der Waals surface area contributed by atoms with Gasteiger partial charge in [-0.15, -0.1) is 0 Å². The number of carbonyl (C=O) groups is 2. The molecule has 0 fully saturated rings. The van der Waals surface area contributed by atoms with E-state index in [1.807, 2.05) is 42.5 Å². The standard InChI is InChI=1S/C21H14O4/c22-19-12-18(21(24)25-19)14-6-8-15(9-7-14)20(23)17-10-5-13-3-1-2-4-16(13)11-17/h1-12,21,24H. The van der Waals surface area contributed by atoms with Crippen LogP contribution in [0.25, 0.3) is 16.3 Å². The third kappa shape index (κ3) is 2.84. The number of hydrogen-bond acceptors (Lipinski definition) is 4. The molecule has 1 aliphatic heterocycles. The summed E-state index contributed by atoms with van der Waals surface area (Å²) in [5.41, 5.74) is 2.20. The molecule has 4 nitrogen and oxygen atoms in total. The van der Waals surface area contributed by atoms with Crippen LogP contribution in [0.5, 0.6) is 0 Å². The highest BCUT2D eigenvalue weighted by Crippen LogP contribution is 2.25. The minimum atomic E-state index is -1.26. The van der Waals surface area contributed by atoms with E-state index in [0.717, 1.165) is 10.8 Å². The summed E-state index contributed by atoms with van der Waals surface area (Å²) in [6, 6.07) is 20.3. The van der Waals surface area contributed by atoms with E-state index in [4.69, 9.17) is 0 Å². The first-order valence-corrected chi connectivity index (χ1v) is 7.86. The van der Waals surface area contributed by atoms with Crippen LogP contribution < -0.4 is 0 Å². The van der Waals surface area contributed by atoms with Crippen molar-refractivity contribution in [2.24, 2.45) is 0 Å². The van der Waals surface area contributed by atoms with Gasteiger partial charge < -0.3 is 9.84 Å². The van der Waals surface area contributed by atoms with Gasteiger partial charge in [0, 0.05) is 22.8 Å². The Kier molecular flexibility index (Phi) is 3.67. The van der Waals surface area contributed by atoms with E-state index in [1.165, 1.54) is 6.08 Å². The van der Waals surface area contributed by atoms with E-state index in [-0.39, 0.29) is 5.78 Å². The molecule has 1 atom stereocenters. The number of rotatable bonds is 3. The van der Waals surface area contributed by atoms with Crippen LogP contribution in [0.3, 0.4) is 0 Å². The Labute approximate surface area is 144 Å². The van der Waals surface area contributed by atoms with Gasteiger partial charge in [0.15, 0.2) is 5.78 Å². The molecule has 4 rings (SSSR count). The average Bonchev–Trinajstić information content (AvgIpc) is 2.99. The number of aliphatic hydroxyl groups excluding tert-OH is 1. The normalized spacial score (nSPS) is 16.6. The van der Waals surface area contributed by atoms with Crippen LogP contribution in [0.15, 0.2) is 72.8 Å². The van der Waals surface area contributed by atoms with E-state index < -0.39 is 12.3 Å². The lowest BCUT2D eigenvalue weighted by molar-refractivity contribution is -0.149. The van der Waals surface area contributed by atoms with Crippen molar-refractivity contribution >= 4 is 28.1 Å². The van der Waals surface area contributed by atoms with Gasteiger partial charge in [-0.25, -0.2) is 4.79 Å². The molecule has 3 aromatic carbocycles. The molecule has 0 saturated heterocycles. The Morgan fingerprint density at radius 2 is 1.56 bits per heavy atom. The first kappa shape index (κ1) is 15.3. The summed E-state index contributed by atoms with van der Waals surface area (Å²) >= 11 is 0. The molecule has 1 heterocycles. The molecule has 25 heavy (non-hydrogen) atoms. The largest absolute Gasteiger partial charge is 0.428 e. The lowest BCUT2D eigenvalue weighted by atomic mass is 9.97. The summed E-state index contributed by atoms with van der Waals surface area (Å²) in [6.07, 6.45) is -0.000267. The molecule has 3 aromatic rings. The Morgan fingerprint density at radius 3 is 2.24 bits per heavy atom. The number of esters is 1. The number of hydrogen-bond donors (Lipinski definition) is 1. The minimum Gasteiger partial charge on any atom is -0.428 e. The number of fused-ring (bicyclic) bond motifs is 1.